The first-order chi connectivity index (χ1) is 12.0. The third kappa shape index (κ3) is 4.26. The number of aromatic amines is 1. The number of H-pyrrole nitrogens is 1. The summed E-state index contributed by atoms with van der Waals surface area (Å²) < 4.78 is 0. The molecular formula is C19H24N4O2. The Morgan fingerprint density at radius 2 is 1.80 bits per heavy atom. The Kier molecular flexibility index (Phi) is 5.16. The number of anilines is 2. The van der Waals surface area contributed by atoms with Crippen molar-refractivity contribution in [3.8, 4) is 0 Å². The van der Waals surface area contributed by atoms with E-state index >= 15 is 0 Å². The maximum Gasteiger partial charge on any atom is 0.276 e. The highest BCUT2D eigenvalue weighted by atomic mass is 16.2. The van der Waals surface area contributed by atoms with E-state index in [9.17, 15) is 9.59 Å². The Labute approximate surface area is 147 Å². The first-order valence-corrected chi connectivity index (χ1v) is 8.78. The minimum Gasteiger partial charge on any atom is -0.324 e. The van der Waals surface area contributed by atoms with Gasteiger partial charge in [0.15, 0.2) is 5.69 Å². The van der Waals surface area contributed by atoms with Gasteiger partial charge < -0.3 is 10.6 Å². The first kappa shape index (κ1) is 17.2. The van der Waals surface area contributed by atoms with Gasteiger partial charge >= 0.3 is 0 Å². The number of aryl methyl sites for hydroxylation is 2. The van der Waals surface area contributed by atoms with Gasteiger partial charge in [-0.3, -0.25) is 14.7 Å². The van der Waals surface area contributed by atoms with E-state index in [4.69, 9.17) is 0 Å². The number of rotatable bonds is 4. The van der Waals surface area contributed by atoms with Gasteiger partial charge in [0.05, 0.1) is 11.4 Å². The van der Waals surface area contributed by atoms with E-state index in [1.807, 2.05) is 32.0 Å². The fourth-order valence-corrected chi connectivity index (χ4v) is 3.19. The first-order valence-electron chi connectivity index (χ1n) is 8.78. The molecular weight excluding hydrogens is 316 g/mol. The molecule has 1 aliphatic carbocycles. The van der Waals surface area contributed by atoms with Crippen molar-refractivity contribution in [3.63, 3.8) is 0 Å². The van der Waals surface area contributed by atoms with Crippen molar-refractivity contribution in [3.05, 3.63) is 41.2 Å². The van der Waals surface area contributed by atoms with E-state index < -0.39 is 0 Å². The Morgan fingerprint density at radius 1 is 1.04 bits per heavy atom. The lowest BCUT2D eigenvalue weighted by Crippen LogP contribution is -2.25. The predicted octanol–water partition coefficient (Wildman–Crippen LogP) is 3.80. The molecule has 0 bridgehead atoms. The molecule has 3 rings (SSSR count). The van der Waals surface area contributed by atoms with Crippen LogP contribution in [0.3, 0.4) is 0 Å². The van der Waals surface area contributed by atoms with Gasteiger partial charge in [-0.2, -0.15) is 5.10 Å². The summed E-state index contributed by atoms with van der Waals surface area (Å²) in [6.45, 7) is 3.79. The normalized spacial score (nSPS) is 15.0. The van der Waals surface area contributed by atoms with Crippen LogP contribution in [0.15, 0.2) is 24.3 Å². The molecule has 0 radical (unpaired) electrons. The highest BCUT2D eigenvalue weighted by Gasteiger charge is 2.22. The van der Waals surface area contributed by atoms with Gasteiger partial charge in [0, 0.05) is 11.6 Å². The summed E-state index contributed by atoms with van der Waals surface area (Å²) in [5.41, 5.74) is 3.37. The smallest absolute Gasteiger partial charge is 0.276 e. The zero-order chi connectivity index (χ0) is 17.8. The third-order valence-corrected chi connectivity index (χ3v) is 4.60. The lowest BCUT2D eigenvalue weighted by Gasteiger charge is -2.21. The number of nitrogens with zero attached hydrogens (tertiary/aromatic N) is 1. The molecule has 0 atom stereocenters. The van der Waals surface area contributed by atoms with Gasteiger partial charge in [-0.25, -0.2) is 0 Å². The Balaban J connectivity index is 1.75. The summed E-state index contributed by atoms with van der Waals surface area (Å²) in [4.78, 5) is 24.9. The summed E-state index contributed by atoms with van der Waals surface area (Å²) in [6.07, 6.45) is 5.29. The van der Waals surface area contributed by atoms with E-state index in [0.29, 0.717) is 17.1 Å². The van der Waals surface area contributed by atoms with Crippen LogP contribution in [0.1, 0.15) is 53.8 Å². The van der Waals surface area contributed by atoms with Crippen LogP contribution in [0, 0.1) is 19.8 Å². The van der Waals surface area contributed by atoms with Crippen LogP contribution >= 0.6 is 0 Å². The number of benzene rings is 1. The van der Waals surface area contributed by atoms with Crippen molar-refractivity contribution < 1.29 is 9.59 Å². The highest BCUT2D eigenvalue weighted by molar-refractivity contribution is 6.06. The van der Waals surface area contributed by atoms with Gasteiger partial charge in [-0.15, -0.1) is 0 Å². The topological polar surface area (TPSA) is 86.9 Å². The molecule has 1 fully saturated rings. The molecule has 132 valence electrons. The lowest BCUT2D eigenvalue weighted by molar-refractivity contribution is -0.120. The number of aromatic nitrogens is 2. The summed E-state index contributed by atoms with van der Waals surface area (Å²) >= 11 is 0. The SMILES string of the molecule is Cc1ccc(NC(=O)C2CCCCC2)c(NC(=O)c2cc(C)[nH]n2)c1. The van der Waals surface area contributed by atoms with Crippen molar-refractivity contribution in [2.45, 2.75) is 46.0 Å². The van der Waals surface area contributed by atoms with E-state index in [-0.39, 0.29) is 17.7 Å². The molecule has 6 nitrogen and oxygen atoms in total. The minimum absolute atomic E-state index is 0.0367. The molecule has 1 saturated carbocycles. The number of carbonyl (C=O) groups is 2. The van der Waals surface area contributed by atoms with Crippen LogP contribution in [-0.4, -0.2) is 22.0 Å². The molecule has 0 aliphatic heterocycles. The molecule has 0 spiro atoms. The van der Waals surface area contributed by atoms with Gasteiger partial charge in [0.25, 0.3) is 5.91 Å². The number of nitrogens with one attached hydrogen (secondary N) is 3. The van der Waals surface area contributed by atoms with Crippen molar-refractivity contribution in [1.29, 1.82) is 0 Å². The lowest BCUT2D eigenvalue weighted by atomic mass is 9.88. The zero-order valence-corrected chi connectivity index (χ0v) is 14.7. The molecule has 3 N–H and O–H groups in total. The maximum absolute atomic E-state index is 12.5. The molecule has 1 aliphatic rings. The van der Waals surface area contributed by atoms with Gasteiger partial charge in [-0.1, -0.05) is 25.3 Å². The summed E-state index contributed by atoms with van der Waals surface area (Å²) in [5, 5.41) is 12.6. The second-order valence-corrected chi connectivity index (χ2v) is 6.76. The van der Waals surface area contributed by atoms with Crippen LogP contribution in [0.25, 0.3) is 0 Å². The molecule has 6 heteroatoms. The van der Waals surface area contributed by atoms with Crippen molar-refractivity contribution in [1.82, 2.24) is 10.2 Å². The monoisotopic (exact) mass is 340 g/mol. The molecule has 2 amide bonds. The molecule has 25 heavy (non-hydrogen) atoms. The Morgan fingerprint density at radius 3 is 2.48 bits per heavy atom. The number of hydrogen-bond donors (Lipinski definition) is 3. The number of amides is 2. The Bertz CT molecular complexity index is 775. The Hall–Kier alpha value is -2.63. The van der Waals surface area contributed by atoms with Gasteiger partial charge in [0.2, 0.25) is 5.91 Å². The van der Waals surface area contributed by atoms with Gasteiger partial charge in [-0.05, 0) is 50.5 Å². The fourth-order valence-electron chi connectivity index (χ4n) is 3.19. The van der Waals surface area contributed by atoms with E-state index in [1.54, 1.807) is 6.07 Å². The third-order valence-electron chi connectivity index (χ3n) is 4.60. The van der Waals surface area contributed by atoms with Crippen molar-refractivity contribution >= 4 is 23.2 Å². The predicted molar refractivity (Wildman–Crippen MR) is 97.7 cm³/mol. The van der Waals surface area contributed by atoms with Crippen LogP contribution < -0.4 is 10.6 Å². The molecule has 1 aromatic heterocycles. The summed E-state index contributed by atoms with van der Waals surface area (Å²) in [5.74, 6) is -0.203. The largest absolute Gasteiger partial charge is 0.324 e. The maximum atomic E-state index is 12.5. The quantitative estimate of drug-likeness (QED) is 0.791. The van der Waals surface area contributed by atoms with E-state index in [1.165, 1.54) is 6.42 Å². The summed E-state index contributed by atoms with van der Waals surface area (Å²) in [7, 11) is 0. The molecule has 1 heterocycles. The van der Waals surface area contributed by atoms with Crippen LogP contribution in [0.5, 0.6) is 0 Å². The van der Waals surface area contributed by atoms with Gasteiger partial charge in [0.1, 0.15) is 0 Å². The van der Waals surface area contributed by atoms with Crippen LogP contribution in [-0.2, 0) is 4.79 Å². The number of hydrogen-bond acceptors (Lipinski definition) is 3. The summed E-state index contributed by atoms with van der Waals surface area (Å²) in [6, 6.07) is 7.30. The molecule has 2 aromatic rings. The minimum atomic E-state index is -0.303. The highest BCUT2D eigenvalue weighted by Crippen LogP contribution is 2.28. The van der Waals surface area contributed by atoms with Crippen molar-refractivity contribution in [2.75, 3.05) is 10.6 Å². The van der Waals surface area contributed by atoms with E-state index in [2.05, 4.69) is 20.8 Å². The molecule has 0 unspecified atom stereocenters. The molecule has 0 saturated heterocycles. The molecule has 1 aromatic carbocycles. The standard InChI is InChI=1S/C19H24N4O2/c1-12-8-9-15(20-18(24)14-6-4-3-5-7-14)16(10-12)21-19(25)17-11-13(2)22-23-17/h8-11,14H,3-7H2,1-2H3,(H,20,24)(H,21,25)(H,22,23). The van der Waals surface area contributed by atoms with Crippen LogP contribution in [0.4, 0.5) is 11.4 Å². The zero-order valence-electron chi connectivity index (χ0n) is 14.7. The number of carbonyl (C=O) groups excluding carboxylic acids is 2. The van der Waals surface area contributed by atoms with E-state index in [0.717, 1.165) is 36.9 Å². The second-order valence-electron chi connectivity index (χ2n) is 6.76. The fraction of sp³-hybridized carbons (Fsp3) is 0.421. The average Bonchev–Trinajstić information content (AvgIpc) is 3.04. The van der Waals surface area contributed by atoms with Crippen LogP contribution in [0.2, 0.25) is 0 Å². The average molecular weight is 340 g/mol. The van der Waals surface area contributed by atoms with Crippen molar-refractivity contribution in [2.24, 2.45) is 5.92 Å². The second kappa shape index (κ2) is 7.51.